The summed E-state index contributed by atoms with van der Waals surface area (Å²) in [6.07, 6.45) is 0. The van der Waals surface area contributed by atoms with Gasteiger partial charge < -0.3 is 4.90 Å². The number of hydrogen-bond donors (Lipinski definition) is 0. The molecule has 0 saturated carbocycles. The van der Waals surface area contributed by atoms with E-state index in [0.717, 1.165) is 0 Å². The second kappa shape index (κ2) is 3.05. The Morgan fingerprint density at radius 2 is 1.50 bits per heavy atom. The molecule has 0 fully saturated rings. The van der Waals surface area contributed by atoms with Gasteiger partial charge in [0.15, 0.2) is 5.82 Å². The van der Waals surface area contributed by atoms with Crippen LogP contribution >= 0.6 is 0 Å². The van der Waals surface area contributed by atoms with Crippen LogP contribution in [0.2, 0.25) is 0 Å². The van der Waals surface area contributed by atoms with Crippen molar-refractivity contribution in [2.75, 3.05) is 19.0 Å². The molecule has 0 aliphatic carbocycles. The molecule has 1 aromatic heterocycles. The van der Waals surface area contributed by atoms with Crippen molar-refractivity contribution in [2.45, 2.75) is 13.8 Å². The van der Waals surface area contributed by atoms with Gasteiger partial charge in [-0.15, -0.1) is 0 Å². The molecule has 4 heteroatoms. The number of rotatable bonds is 1. The highest BCUT2D eigenvalue weighted by molar-refractivity contribution is 5.30. The van der Waals surface area contributed by atoms with Gasteiger partial charge in [0.25, 0.3) is 0 Å². The second-order valence-corrected chi connectivity index (χ2v) is 2.90. The van der Waals surface area contributed by atoms with E-state index in [1.165, 1.54) is 0 Å². The summed E-state index contributed by atoms with van der Waals surface area (Å²) in [7, 11) is 3.65. The van der Waals surface area contributed by atoms with Gasteiger partial charge in [0, 0.05) is 14.1 Å². The van der Waals surface area contributed by atoms with Crippen LogP contribution in [0.5, 0.6) is 0 Å². The highest BCUT2D eigenvalue weighted by Crippen LogP contribution is 2.11. The van der Waals surface area contributed by atoms with Crippen LogP contribution in [0.15, 0.2) is 0 Å². The first-order valence-corrected chi connectivity index (χ1v) is 3.70. The van der Waals surface area contributed by atoms with Crippen molar-refractivity contribution in [3.63, 3.8) is 0 Å². The molecule has 0 aromatic carbocycles. The van der Waals surface area contributed by atoms with Crippen LogP contribution in [0.1, 0.15) is 11.4 Å². The number of aryl methyl sites for hydroxylation is 2. The van der Waals surface area contributed by atoms with Gasteiger partial charge in [0.1, 0.15) is 0 Å². The average molecular weight is 169 g/mol. The van der Waals surface area contributed by atoms with Gasteiger partial charge in [-0.2, -0.15) is 0 Å². The van der Waals surface area contributed by atoms with Crippen LogP contribution < -0.4 is 4.90 Å². The Hall–Kier alpha value is -1.19. The minimum atomic E-state index is -0.319. The molecule has 0 atom stereocenters. The molecule has 0 unspecified atom stereocenters. The minimum Gasteiger partial charge on any atom is -0.347 e. The largest absolute Gasteiger partial charge is 0.347 e. The van der Waals surface area contributed by atoms with E-state index in [1.54, 1.807) is 18.7 Å². The van der Waals surface area contributed by atoms with Gasteiger partial charge in [-0.3, -0.25) is 0 Å². The van der Waals surface area contributed by atoms with E-state index < -0.39 is 0 Å². The molecule has 0 aliphatic rings. The maximum Gasteiger partial charge on any atom is 0.225 e. The first kappa shape index (κ1) is 8.90. The fourth-order valence-corrected chi connectivity index (χ4v) is 0.885. The summed E-state index contributed by atoms with van der Waals surface area (Å²) in [6.45, 7) is 3.27. The van der Waals surface area contributed by atoms with E-state index in [4.69, 9.17) is 0 Å². The third-order valence-corrected chi connectivity index (χ3v) is 1.57. The third-order valence-electron chi connectivity index (χ3n) is 1.57. The van der Waals surface area contributed by atoms with Crippen molar-refractivity contribution in [1.82, 2.24) is 9.97 Å². The van der Waals surface area contributed by atoms with Crippen molar-refractivity contribution < 1.29 is 4.39 Å². The molecular formula is C8H12FN3. The summed E-state index contributed by atoms with van der Waals surface area (Å²) >= 11 is 0. The standard InChI is InChI=1S/C8H12FN3/c1-5-7(9)6(2)11-8(10-5)12(3)4/h1-4H3. The van der Waals surface area contributed by atoms with Crippen LogP contribution in [0.25, 0.3) is 0 Å². The lowest BCUT2D eigenvalue weighted by atomic mass is 10.3. The lowest BCUT2D eigenvalue weighted by Crippen LogP contribution is -2.14. The lowest BCUT2D eigenvalue weighted by molar-refractivity contribution is 0.589. The molecule has 0 bridgehead atoms. The number of aromatic nitrogens is 2. The Labute approximate surface area is 71.3 Å². The first-order valence-electron chi connectivity index (χ1n) is 3.70. The SMILES string of the molecule is Cc1nc(N(C)C)nc(C)c1F. The molecule has 0 aliphatic heterocycles. The molecule has 1 aromatic rings. The van der Waals surface area contributed by atoms with E-state index in [0.29, 0.717) is 17.3 Å². The smallest absolute Gasteiger partial charge is 0.225 e. The van der Waals surface area contributed by atoms with E-state index in [9.17, 15) is 4.39 Å². The summed E-state index contributed by atoms with van der Waals surface area (Å²) in [5.41, 5.74) is 0.789. The highest BCUT2D eigenvalue weighted by Gasteiger charge is 2.07. The van der Waals surface area contributed by atoms with Gasteiger partial charge in [0.05, 0.1) is 11.4 Å². The predicted octanol–water partition coefficient (Wildman–Crippen LogP) is 1.30. The zero-order chi connectivity index (χ0) is 9.30. The van der Waals surface area contributed by atoms with Crippen molar-refractivity contribution in [3.05, 3.63) is 17.2 Å². The van der Waals surface area contributed by atoms with Gasteiger partial charge in [0.2, 0.25) is 5.95 Å². The normalized spacial score (nSPS) is 10.1. The van der Waals surface area contributed by atoms with E-state index >= 15 is 0 Å². The van der Waals surface area contributed by atoms with Crippen LogP contribution in [0.4, 0.5) is 10.3 Å². The van der Waals surface area contributed by atoms with Crippen LogP contribution in [-0.2, 0) is 0 Å². The summed E-state index contributed by atoms with van der Waals surface area (Å²) < 4.78 is 13.0. The highest BCUT2D eigenvalue weighted by atomic mass is 19.1. The molecule has 0 saturated heterocycles. The van der Waals surface area contributed by atoms with Crippen LogP contribution in [0.3, 0.4) is 0 Å². The molecule has 1 heterocycles. The monoisotopic (exact) mass is 169 g/mol. The zero-order valence-corrected chi connectivity index (χ0v) is 7.72. The number of hydrogen-bond acceptors (Lipinski definition) is 3. The molecule has 0 amide bonds. The van der Waals surface area contributed by atoms with Crippen molar-refractivity contribution in [2.24, 2.45) is 0 Å². The van der Waals surface area contributed by atoms with Gasteiger partial charge in [-0.25, -0.2) is 14.4 Å². The molecule has 0 spiro atoms. The first-order chi connectivity index (χ1) is 5.52. The predicted molar refractivity (Wildman–Crippen MR) is 45.8 cm³/mol. The molecular weight excluding hydrogens is 157 g/mol. The maximum atomic E-state index is 13.0. The minimum absolute atomic E-state index is 0.319. The Balaban J connectivity index is 3.21. The fraction of sp³-hybridized carbons (Fsp3) is 0.500. The molecule has 0 N–H and O–H groups in total. The summed E-state index contributed by atoms with van der Waals surface area (Å²) in [6, 6.07) is 0. The van der Waals surface area contributed by atoms with E-state index in [1.807, 2.05) is 14.1 Å². The van der Waals surface area contributed by atoms with Crippen molar-refractivity contribution >= 4 is 5.95 Å². The van der Waals surface area contributed by atoms with Crippen molar-refractivity contribution in [3.8, 4) is 0 Å². The topological polar surface area (TPSA) is 29.0 Å². The molecule has 12 heavy (non-hydrogen) atoms. The Kier molecular flexibility index (Phi) is 2.26. The quantitative estimate of drug-likeness (QED) is 0.634. The number of halogens is 1. The molecule has 66 valence electrons. The average Bonchev–Trinajstić information content (AvgIpc) is 1.99. The van der Waals surface area contributed by atoms with Gasteiger partial charge in [-0.05, 0) is 13.8 Å². The fourth-order valence-electron chi connectivity index (χ4n) is 0.885. The summed E-state index contributed by atoms with van der Waals surface area (Å²) in [5.74, 6) is 0.229. The maximum absolute atomic E-state index is 13.0. The lowest BCUT2D eigenvalue weighted by Gasteiger charge is -2.11. The van der Waals surface area contributed by atoms with Crippen molar-refractivity contribution in [1.29, 1.82) is 0 Å². The second-order valence-electron chi connectivity index (χ2n) is 2.90. The van der Waals surface area contributed by atoms with E-state index in [2.05, 4.69) is 9.97 Å². The van der Waals surface area contributed by atoms with Gasteiger partial charge in [-0.1, -0.05) is 0 Å². The third kappa shape index (κ3) is 1.52. The Morgan fingerprint density at radius 3 is 1.83 bits per heavy atom. The van der Waals surface area contributed by atoms with E-state index in [-0.39, 0.29) is 5.82 Å². The molecule has 1 rings (SSSR count). The Bertz CT molecular complexity index is 273. The molecule has 0 radical (unpaired) electrons. The van der Waals surface area contributed by atoms with Gasteiger partial charge >= 0.3 is 0 Å². The van der Waals surface area contributed by atoms with Crippen LogP contribution in [-0.4, -0.2) is 24.1 Å². The Morgan fingerprint density at radius 1 is 1.08 bits per heavy atom. The molecule has 3 nitrogen and oxygen atoms in total. The summed E-state index contributed by atoms with van der Waals surface area (Å²) in [4.78, 5) is 9.70. The zero-order valence-electron chi connectivity index (χ0n) is 7.72. The van der Waals surface area contributed by atoms with Crippen LogP contribution in [0, 0.1) is 19.7 Å². The summed E-state index contributed by atoms with van der Waals surface area (Å²) in [5, 5.41) is 0. The number of anilines is 1. The number of nitrogens with zero attached hydrogens (tertiary/aromatic N) is 3.